The van der Waals surface area contributed by atoms with Crippen LogP contribution in [0.4, 0.5) is 10.5 Å². The molecule has 2 aromatic rings. The topological polar surface area (TPSA) is 81.9 Å². The van der Waals surface area contributed by atoms with E-state index in [1.165, 1.54) is 4.90 Å². The van der Waals surface area contributed by atoms with E-state index >= 15 is 0 Å². The Morgan fingerprint density at radius 2 is 2.30 bits per heavy atom. The maximum atomic E-state index is 12.0. The van der Waals surface area contributed by atoms with Gasteiger partial charge in [-0.15, -0.1) is 0 Å². The number of aromatic nitrogens is 1. The standard InChI is InChI=1S/C16H18N2O5/c1-3-4-15(19)21-9-12-8-18(16(20)22-12)11-5-6-13-10(2)17-23-14(13)7-11/h5-7,12H,3-4,8-9H2,1-2H3/t12-/m1/s1. The summed E-state index contributed by atoms with van der Waals surface area (Å²) in [6.45, 7) is 4.16. The first-order chi connectivity index (χ1) is 11.1. The minimum Gasteiger partial charge on any atom is -0.462 e. The number of hydrogen-bond acceptors (Lipinski definition) is 6. The number of aryl methyl sites for hydroxylation is 1. The summed E-state index contributed by atoms with van der Waals surface area (Å²) in [7, 11) is 0. The van der Waals surface area contributed by atoms with Gasteiger partial charge in [-0.3, -0.25) is 9.69 Å². The zero-order chi connectivity index (χ0) is 16.4. The smallest absolute Gasteiger partial charge is 0.414 e. The van der Waals surface area contributed by atoms with Gasteiger partial charge in [0.1, 0.15) is 6.61 Å². The number of cyclic esters (lactones) is 1. The fourth-order valence-electron chi connectivity index (χ4n) is 2.50. The van der Waals surface area contributed by atoms with Crippen LogP contribution in [0.3, 0.4) is 0 Å². The summed E-state index contributed by atoms with van der Waals surface area (Å²) in [4.78, 5) is 24.9. The zero-order valence-electron chi connectivity index (χ0n) is 13.1. The normalized spacial score (nSPS) is 17.6. The highest BCUT2D eigenvalue weighted by Crippen LogP contribution is 2.27. The number of rotatable bonds is 5. The SMILES string of the molecule is CCCC(=O)OC[C@H]1CN(c2ccc3c(C)noc3c2)C(=O)O1. The van der Waals surface area contributed by atoms with Crippen LogP contribution in [-0.2, 0) is 14.3 Å². The number of hydrogen-bond donors (Lipinski definition) is 0. The molecule has 1 aromatic heterocycles. The van der Waals surface area contributed by atoms with Gasteiger partial charge in [-0.2, -0.15) is 0 Å². The lowest BCUT2D eigenvalue weighted by Crippen LogP contribution is -2.26. The highest BCUT2D eigenvalue weighted by molar-refractivity contribution is 5.93. The summed E-state index contributed by atoms with van der Waals surface area (Å²) >= 11 is 0. The van der Waals surface area contributed by atoms with Gasteiger partial charge in [0.2, 0.25) is 0 Å². The van der Waals surface area contributed by atoms with Crippen molar-refractivity contribution in [2.45, 2.75) is 32.8 Å². The molecule has 1 aliphatic rings. The molecule has 3 rings (SSSR count). The van der Waals surface area contributed by atoms with Crippen LogP contribution >= 0.6 is 0 Å². The van der Waals surface area contributed by atoms with Gasteiger partial charge in [0.15, 0.2) is 11.7 Å². The van der Waals surface area contributed by atoms with E-state index in [1.807, 2.05) is 26.0 Å². The van der Waals surface area contributed by atoms with Crippen molar-refractivity contribution in [1.82, 2.24) is 5.16 Å². The number of amides is 1. The first-order valence-corrected chi connectivity index (χ1v) is 7.58. The molecule has 0 unspecified atom stereocenters. The van der Waals surface area contributed by atoms with E-state index in [0.29, 0.717) is 24.2 Å². The lowest BCUT2D eigenvalue weighted by atomic mass is 10.2. The lowest BCUT2D eigenvalue weighted by molar-refractivity contribution is -0.146. The van der Waals surface area contributed by atoms with Gasteiger partial charge < -0.3 is 14.0 Å². The van der Waals surface area contributed by atoms with E-state index in [-0.39, 0.29) is 12.6 Å². The first kappa shape index (κ1) is 15.3. The van der Waals surface area contributed by atoms with Crippen molar-refractivity contribution >= 4 is 28.7 Å². The minimum absolute atomic E-state index is 0.0741. The van der Waals surface area contributed by atoms with Crippen LogP contribution in [0.2, 0.25) is 0 Å². The van der Waals surface area contributed by atoms with Crippen LogP contribution < -0.4 is 4.90 Å². The van der Waals surface area contributed by atoms with Crippen LogP contribution in [0, 0.1) is 6.92 Å². The second-order valence-corrected chi connectivity index (χ2v) is 5.50. The summed E-state index contributed by atoms with van der Waals surface area (Å²) in [6, 6.07) is 5.43. The quantitative estimate of drug-likeness (QED) is 0.788. The number of carbonyl (C=O) groups excluding carboxylic acids is 2. The molecule has 7 heteroatoms. The number of benzene rings is 1. The van der Waals surface area contributed by atoms with E-state index in [4.69, 9.17) is 14.0 Å². The average molecular weight is 318 g/mol. The van der Waals surface area contributed by atoms with Crippen molar-refractivity contribution in [2.75, 3.05) is 18.1 Å². The Morgan fingerprint density at radius 1 is 1.48 bits per heavy atom. The molecule has 2 heterocycles. The van der Waals surface area contributed by atoms with Crippen LogP contribution in [-0.4, -0.2) is 36.5 Å². The van der Waals surface area contributed by atoms with Crippen LogP contribution in [0.15, 0.2) is 22.7 Å². The van der Waals surface area contributed by atoms with Gasteiger partial charge in [0.25, 0.3) is 0 Å². The molecule has 1 saturated heterocycles. The van der Waals surface area contributed by atoms with E-state index in [9.17, 15) is 9.59 Å². The third kappa shape index (κ3) is 3.13. The summed E-state index contributed by atoms with van der Waals surface area (Å²) in [5, 5.41) is 4.81. The fourth-order valence-corrected chi connectivity index (χ4v) is 2.50. The van der Waals surface area contributed by atoms with Crippen molar-refractivity contribution in [2.24, 2.45) is 0 Å². The molecular weight excluding hydrogens is 300 g/mol. The second kappa shape index (κ2) is 6.28. The van der Waals surface area contributed by atoms with Crippen molar-refractivity contribution in [1.29, 1.82) is 0 Å². The van der Waals surface area contributed by atoms with Crippen LogP contribution in [0.1, 0.15) is 25.5 Å². The molecule has 0 bridgehead atoms. The van der Waals surface area contributed by atoms with Crippen molar-refractivity contribution < 1.29 is 23.6 Å². The third-order valence-corrected chi connectivity index (χ3v) is 3.71. The highest BCUT2D eigenvalue weighted by Gasteiger charge is 2.33. The Hall–Kier alpha value is -2.57. The first-order valence-electron chi connectivity index (χ1n) is 7.58. The third-order valence-electron chi connectivity index (χ3n) is 3.71. The number of esters is 1. The maximum Gasteiger partial charge on any atom is 0.414 e. The number of ether oxygens (including phenoxy) is 2. The zero-order valence-corrected chi connectivity index (χ0v) is 13.1. The lowest BCUT2D eigenvalue weighted by Gasteiger charge is -2.12. The summed E-state index contributed by atoms with van der Waals surface area (Å²) in [5.41, 5.74) is 2.09. The predicted molar refractivity (Wildman–Crippen MR) is 82.2 cm³/mol. The molecule has 7 nitrogen and oxygen atoms in total. The summed E-state index contributed by atoms with van der Waals surface area (Å²) in [5.74, 6) is -0.277. The molecule has 122 valence electrons. The maximum absolute atomic E-state index is 12.0. The van der Waals surface area contributed by atoms with E-state index < -0.39 is 12.2 Å². The molecule has 1 amide bonds. The Morgan fingerprint density at radius 3 is 3.09 bits per heavy atom. The van der Waals surface area contributed by atoms with Gasteiger partial charge >= 0.3 is 12.1 Å². The van der Waals surface area contributed by atoms with Gasteiger partial charge in [0, 0.05) is 17.9 Å². The molecule has 1 aromatic carbocycles. The Labute approximate surface area is 133 Å². The van der Waals surface area contributed by atoms with Gasteiger partial charge in [0.05, 0.1) is 17.9 Å². The molecule has 1 aliphatic heterocycles. The van der Waals surface area contributed by atoms with E-state index in [2.05, 4.69) is 5.16 Å². The van der Waals surface area contributed by atoms with Gasteiger partial charge in [-0.1, -0.05) is 12.1 Å². The van der Waals surface area contributed by atoms with Crippen molar-refractivity contribution in [3.63, 3.8) is 0 Å². The monoisotopic (exact) mass is 318 g/mol. The summed E-state index contributed by atoms with van der Waals surface area (Å²) in [6.07, 6.45) is 0.172. The van der Waals surface area contributed by atoms with Crippen molar-refractivity contribution in [3.05, 3.63) is 23.9 Å². The predicted octanol–water partition coefficient (Wildman–Crippen LogP) is 2.80. The molecule has 0 radical (unpaired) electrons. The molecule has 0 N–H and O–H groups in total. The van der Waals surface area contributed by atoms with E-state index in [0.717, 1.165) is 17.5 Å². The summed E-state index contributed by atoms with van der Waals surface area (Å²) < 4.78 is 15.6. The van der Waals surface area contributed by atoms with Crippen LogP contribution in [0.25, 0.3) is 11.0 Å². The van der Waals surface area contributed by atoms with Crippen molar-refractivity contribution in [3.8, 4) is 0 Å². The van der Waals surface area contributed by atoms with Gasteiger partial charge in [-0.05, 0) is 25.5 Å². The fraction of sp³-hybridized carbons (Fsp3) is 0.438. The highest BCUT2D eigenvalue weighted by atomic mass is 16.6. The second-order valence-electron chi connectivity index (χ2n) is 5.50. The molecule has 0 aliphatic carbocycles. The number of carbonyl (C=O) groups is 2. The average Bonchev–Trinajstić information content (AvgIpc) is 3.09. The molecule has 0 saturated carbocycles. The molecule has 0 spiro atoms. The minimum atomic E-state index is -0.463. The van der Waals surface area contributed by atoms with E-state index in [1.54, 1.807) is 6.07 Å². The molecular formula is C16H18N2O5. The Bertz CT molecular complexity index is 739. The van der Waals surface area contributed by atoms with Crippen LogP contribution in [0.5, 0.6) is 0 Å². The Balaban J connectivity index is 1.68. The number of anilines is 1. The largest absolute Gasteiger partial charge is 0.462 e. The molecule has 23 heavy (non-hydrogen) atoms. The molecule has 1 fully saturated rings. The number of fused-ring (bicyclic) bond motifs is 1. The molecule has 1 atom stereocenters. The number of nitrogens with zero attached hydrogens (tertiary/aromatic N) is 2. The Kier molecular flexibility index (Phi) is 4.18. The van der Waals surface area contributed by atoms with Gasteiger partial charge in [-0.25, -0.2) is 4.79 Å².